The molecule has 0 aromatic heterocycles. The predicted octanol–water partition coefficient (Wildman–Crippen LogP) is 2.59. The summed E-state index contributed by atoms with van der Waals surface area (Å²) >= 11 is 2.16. The largest absolute Gasteiger partial charge is 0.0759 e. The van der Waals surface area contributed by atoms with Gasteiger partial charge in [-0.05, 0) is 10.0 Å². The Morgan fingerprint density at radius 3 is 2.83 bits per heavy atom. The van der Waals surface area contributed by atoms with Crippen molar-refractivity contribution in [3.05, 3.63) is 10.2 Å². The molecule has 0 aromatic rings. The topological polar surface area (TPSA) is 0 Å². The van der Waals surface area contributed by atoms with Crippen LogP contribution in [0.3, 0.4) is 0 Å². The Morgan fingerprint density at radius 2 is 2.67 bits per heavy atom. The quantitative estimate of drug-likeness (QED) is 0.566. The second kappa shape index (κ2) is 3.65. The van der Waals surface area contributed by atoms with Gasteiger partial charge in [0, 0.05) is 1.37 Å². The summed E-state index contributed by atoms with van der Waals surface area (Å²) in [6, 6.07) is 0. The van der Waals surface area contributed by atoms with E-state index in [1.54, 1.807) is 0 Å². The molecular formula is C5H9I. The summed E-state index contributed by atoms with van der Waals surface area (Å²) in [5.74, 6) is 0.428. The number of hydrogen-bond acceptors (Lipinski definition) is 0. The highest BCUT2D eigenvalue weighted by molar-refractivity contribution is 14.1. The Kier molecular flexibility index (Phi) is 2.82. The van der Waals surface area contributed by atoms with Gasteiger partial charge >= 0.3 is 0 Å². The molecule has 0 aliphatic heterocycles. The minimum absolute atomic E-state index is 0.428. The molecule has 0 aromatic carbocycles. The van der Waals surface area contributed by atoms with Gasteiger partial charge in [-0.2, -0.15) is 0 Å². The first-order valence-corrected chi connectivity index (χ1v) is 3.12. The third-order valence-electron chi connectivity index (χ3n) is 0.401. The predicted molar refractivity (Wildman–Crippen MR) is 38.0 cm³/mol. The minimum Gasteiger partial charge on any atom is -0.0759 e. The summed E-state index contributed by atoms with van der Waals surface area (Å²) in [5.41, 5.74) is 0. The number of hydrogen-bond donors (Lipinski definition) is 0. The third kappa shape index (κ3) is 4.47. The lowest BCUT2D eigenvalue weighted by molar-refractivity contribution is 0.834. The van der Waals surface area contributed by atoms with Crippen molar-refractivity contribution in [3.8, 4) is 0 Å². The van der Waals surface area contributed by atoms with Gasteiger partial charge in [-0.3, -0.25) is 0 Å². The van der Waals surface area contributed by atoms with E-state index in [4.69, 9.17) is 1.37 Å². The highest BCUT2D eigenvalue weighted by atomic mass is 127. The van der Waals surface area contributed by atoms with E-state index >= 15 is 0 Å². The van der Waals surface area contributed by atoms with Crippen molar-refractivity contribution in [2.24, 2.45) is 5.92 Å². The van der Waals surface area contributed by atoms with E-state index in [2.05, 4.69) is 22.6 Å². The van der Waals surface area contributed by atoms with E-state index in [-0.39, 0.29) is 0 Å². The smallest absolute Gasteiger partial charge is 0.0236 e. The fraction of sp³-hybridized carbons (Fsp3) is 0.600. The van der Waals surface area contributed by atoms with Gasteiger partial charge in [-0.25, -0.2) is 0 Å². The van der Waals surface area contributed by atoms with Gasteiger partial charge in [0.25, 0.3) is 0 Å². The van der Waals surface area contributed by atoms with Crippen LogP contribution in [0.15, 0.2) is 10.2 Å². The van der Waals surface area contributed by atoms with Crippen LogP contribution in [0.1, 0.15) is 15.2 Å². The van der Waals surface area contributed by atoms with Crippen LogP contribution >= 0.6 is 22.6 Å². The lowest BCUT2D eigenvalue weighted by Crippen LogP contribution is -1.72. The Hall–Kier alpha value is 0.470. The molecule has 0 heterocycles. The molecule has 0 rings (SSSR count). The Balaban J connectivity index is 3.16. The van der Waals surface area contributed by atoms with E-state index in [0.29, 0.717) is 12.8 Å². The van der Waals surface area contributed by atoms with E-state index in [1.807, 2.05) is 17.1 Å². The SMILES string of the molecule is [2H]C[C@@H](C)C=CI. The average molecular weight is 197 g/mol. The van der Waals surface area contributed by atoms with Gasteiger partial charge in [0.1, 0.15) is 0 Å². The third-order valence-corrected chi connectivity index (χ3v) is 0.816. The zero-order chi connectivity index (χ0) is 5.70. The van der Waals surface area contributed by atoms with Gasteiger partial charge in [0.2, 0.25) is 0 Å². The van der Waals surface area contributed by atoms with Crippen molar-refractivity contribution in [1.82, 2.24) is 0 Å². The number of rotatable bonds is 1. The van der Waals surface area contributed by atoms with Gasteiger partial charge in [0.15, 0.2) is 0 Å². The monoisotopic (exact) mass is 197 g/mol. The summed E-state index contributed by atoms with van der Waals surface area (Å²) in [5, 5.41) is 0. The Bertz CT molecular complexity index is 61.1. The minimum atomic E-state index is 0.428. The first-order valence-electron chi connectivity index (χ1n) is 2.58. The van der Waals surface area contributed by atoms with Crippen molar-refractivity contribution in [3.63, 3.8) is 0 Å². The summed E-state index contributed by atoms with van der Waals surface area (Å²) in [4.78, 5) is 0. The van der Waals surface area contributed by atoms with Crippen molar-refractivity contribution in [2.75, 3.05) is 0 Å². The van der Waals surface area contributed by atoms with Gasteiger partial charge in [0.05, 0.1) is 0 Å². The average Bonchev–Trinajstić information content (AvgIpc) is 1.68. The molecule has 1 atom stereocenters. The maximum absolute atomic E-state index is 6.86. The van der Waals surface area contributed by atoms with Gasteiger partial charge in [-0.15, -0.1) is 0 Å². The highest BCUT2D eigenvalue weighted by Gasteiger charge is 1.77. The van der Waals surface area contributed by atoms with Crippen molar-refractivity contribution >= 4 is 22.6 Å². The summed E-state index contributed by atoms with van der Waals surface area (Å²) in [7, 11) is 0. The van der Waals surface area contributed by atoms with Crippen LogP contribution in [0.25, 0.3) is 0 Å². The first kappa shape index (κ1) is 4.62. The molecule has 36 valence electrons. The molecule has 0 saturated carbocycles. The second-order valence-electron chi connectivity index (χ2n) is 1.30. The van der Waals surface area contributed by atoms with Crippen molar-refractivity contribution < 1.29 is 1.37 Å². The maximum Gasteiger partial charge on any atom is 0.0236 e. The van der Waals surface area contributed by atoms with Crippen LogP contribution < -0.4 is 0 Å². The summed E-state index contributed by atoms with van der Waals surface area (Å²) in [6.07, 6.45) is 2.02. The highest BCUT2D eigenvalue weighted by Crippen LogP contribution is 1.95. The molecule has 1 heteroatoms. The molecule has 0 nitrogen and oxygen atoms in total. The van der Waals surface area contributed by atoms with E-state index < -0.39 is 0 Å². The van der Waals surface area contributed by atoms with Gasteiger partial charge < -0.3 is 0 Å². The molecule has 6 heavy (non-hydrogen) atoms. The lowest BCUT2D eigenvalue weighted by atomic mass is 10.2. The molecule has 0 spiro atoms. The zero-order valence-corrected chi connectivity index (χ0v) is 5.97. The zero-order valence-electron chi connectivity index (χ0n) is 4.82. The molecule has 0 N–H and O–H groups in total. The number of halogens is 1. The van der Waals surface area contributed by atoms with E-state index in [9.17, 15) is 0 Å². The van der Waals surface area contributed by atoms with Crippen LogP contribution in [-0.4, -0.2) is 0 Å². The van der Waals surface area contributed by atoms with Crippen LogP contribution in [0.5, 0.6) is 0 Å². The van der Waals surface area contributed by atoms with Crippen LogP contribution in [0.4, 0.5) is 0 Å². The lowest BCUT2D eigenvalue weighted by Gasteiger charge is -1.86. The van der Waals surface area contributed by atoms with Crippen molar-refractivity contribution in [2.45, 2.75) is 13.8 Å². The van der Waals surface area contributed by atoms with Crippen molar-refractivity contribution in [1.29, 1.82) is 0 Å². The maximum atomic E-state index is 6.86. The fourth-order valence-corrected chi connectivity index (χ4v) is 0.833. The van der Waals surface area contributed by atoms with E-state index in [0.717, 1.165) is 0 Å². The standard InChI is InChI=1S/C5H9I/c1-5(2)3-4-6/h3-5H,1-2H3/i1D/t5-/m0/s1. The van der Waals surface area contributed by atoms with Crippen LogP contribution in [-0.2, 0) is 0 Å². The van der Waals surface area contributed by atoms with Gasteiger partial charge in [-0.1, -0.05) is 42.5 Å². The Morgan fingerprint density at radius 1 is 2.00 bits per heavy atom. The second-order valence-corrected chi connectivity index (χ2v) is 2.01. The number of allylic oxidation sites excluding steroid dienone is 1. The molecule has 0 aliphatic rings. The molecule has 0 bridgehead atoms. The molecule has 0 fully saturated rings. The normalized spacial score (nSPS) is 18.0. The molecule has 0 saturated heterocycles. The first-order chi connectivity index (χ1) is 3.31. The molecule has 0 amide bonds. The van der Waals surface area contributed by atoms with Crippen LogP contribution in [0.2, 0.25) is 0 Å². The molecule has 0 aliphatic carbocycles. The summed E-state index contributed by atoms with van der Waals surface area (Å²) < 4.78 is 8.81. The molecule has 0 unspecified atom stereocenters. The fourth-order valence-electron chi connectivity index (χ4n) is 0.124. The Labute approximate surface area is 54.2 Å². The van der Waals surface area contributed by atoms with E-state index in [1.165, 1.54) is 0 Å². The summed E-state index contributed by atoms with van der Waals surface area (Å²) in [6.45, 7) is 2.53. The molecular weight excluding hydrogens is 187 g/mol. The molecule has 0 radical (unpaired) electrons. The van der Waals surface area contributed by atoms with Crippen LogP contribution in [0, 0.1) is 5.92 Å².